The Kier molecular flexibility index (Phi) is 7.45. The van der Waals surface area contributed by atoms with Crippen LogP contribution in [0, 0.1) is 15.9 Å². The molecule has 2 N–H and O–H groups in total. The van der Waals surface area contributed by atoms with Crippen molar-refractivity contribution in [2.24, 2.45) is 0 Å². The topological polar surface area (TPSA) is 128 Å². The second-order valence-corrected chi connectivity index (χ2v) is 8.17. The van der Waals surface area contributed by atoms with Gasteiger partial charge in [0.05, 0.1) is 9.82 Å². The standard InChI is InChI=1S/C15H22FN3O6S/c1-15(2,3)25-14(20)17-8-4-5-9-18-26(23,24)11-6-7-13(19(21)22)12(16)10-11/h6-7,10,18H,4-5,8-9H2,1-3H3,(H,17,20). The smallest absolute Gasteiger partial charge is 0.407 e. The van der Waals surface area contributed by atoms with Crippen LogP contribution >= 0.6 is 0 Å². The summed E-state index contributed by atoms with van der Waals surface area (Å²) < 4.78 is 44.9. The molecular weight excluding hydrogens is 369 g/mol. The number of sulfonamides is 1. The summed E-state index contributed by atoms with van der Waals surface area (Å²) >= 11 is 0. The molecule has 0 saturated carbocycles. The highest BCUT2D eigenvalue weighted by Crippen LogP contribution is 2.20. The molecule has 0 radical (unpaired) electrons. The van der Waals surface area contributed by atoms with Gasteiger partial charge in [-0.05, 0) is 39.7 Å². The van der Waals surface area contributed by atoms with E-state index in [0.717, 1.165) is 12.1 Å². The molecule has 1 aromatic carbocycles. The number of carbonyl (C=O) groups is 1. The molecular formula is C15H22FN3O6S. The van der Waals surface area contributed by atoms with Crippen LogP contribution in [0.15, 0.2) is 23.1 Å². The summed E-state index contributed by atoms with van der Waals surface area (Å²) in [5.41, 5.74) is -1.39. The maximum Gasteiger partial charge on any atom is 0.407 e. The van der Waals surface area contributed by atoms with Crippen molar-refractivity contribution >= 4 is 21.8 Å². The zero-order valence-corrected chi connectivity index (χ0v) is 15.6. The minimum Gasteiger partial charge on any atom is -0.444 e. The van der Waals surface area contributed by atoms with Gasteiger partial charge in [-0.25, -0.2) is 17.9 Å². The van der Waals surface area contributed by atoms with Gasteiger partial charge in [-0.3, -0.25) is 10.1 Å². The summed E-state index contributed by atoms with van der Waals surface area (Å²) in [6.07, 6.45) is 0.361. The molecule has 0 unspecified atom stereocenters. The van der Waals surface area contributed by atoms with Crippen molar-refractivity contribution in [1.29, 1.82) is 0 Å². The Bertz CT molecular complexity index is 761. The minimum absolute atomic E-state index is 0.0664. The Hall–Kier alpha value is -2.27. The number of alkyl carbamates (subject to hydrolysis) is 1. The molecule has 0 aliphatic heterocycles. The predicted molar refractivity (Wildman–Crippen MR) is 91.7 cm³/mol. The third kappa shape index (κ3) is 7.31. The maximum absolute atomic E-state index is 13.5. The van der Waals surface area contributed by atoms with Crippen LogP contribution in [-0.4, -0.2) is 38.1 Å². The molecule has 0 spiro atoms. The molecule has 26 heavy (non-hydrogen) atoms. The van der Waals surface area contributed by atoms with E-state index in [-0.39, 0.29) is 6.54 Å². The van der Waals surface area contributed by atoms with E-state index in [4.69, 9.17) is 4.74 Å². The summed E-state index contributed by atoms with van der Waals surface area (Å²) in [6, 6.07) is 2.37. The maximum atomic E-state index is 13.5. The lowest BCUT2D eigenvalue weighted by atomic mass is 10.2. The number of unbranched alkanes of at least 4 members (excludes halogenated alkanes) is 1. The predicted octanol–water partition coefficient (Wildman–Crippen LogP) is 2.32. The average Bonchev–Trinajstić information content (AvgIpc) is 2.48. The van der Waals surface area contributed by atoms with E-state index in [1.807, 2.05) is 0 Å². The molecule has 9 nitrogen and oxygen atoms in total. The lowest BCUT2D eigenvalue weighted by molar-refractivity contribution is -0.387. The van der Waals surface area contributed by atoms with E-state index < -0.39 is 43.0 Å². The number of amides is 1. The van der Waals surface area contributed by atoms with Crippen LogP contribution in [0.5, 0.6) is 0 Å². The van der Waals surface area contributed by atoms with E-state index in [9.17, 15) is 27.7 Å². The van der Waals surface area contributed by atoms with Crippen LogP contribution in [0.3, 0.4) is 0 Å². The van der Waals surface area contributed by atoms with E-state index in [1.165, 1.54) is 0 Å². The van der Waals surface area contributed by atoms with E-state index >= 15 is 0 Å². The molecule has 0 atom stereocenters. The van der Waals surface area contributed by atoms with Crippen LogP contribution in [-0.2, 0) is 14.8 Å². The highest BCUT2D eigenvalue weighted by Gasteiger charge is 2.20. The van der Waals surface area contributed by atoms with Gasteiger partial charge in [0.2, 0.25) is 15.8 Å². The number of benzene rings is 1. The first-order valence-electron chi connectivity index (χ1n) is 7.83. The molecule has 1 amide bonds. The van der Waals surface area contributed by atoms with Crippen molar-refractivity contribution in [3.05, 3.63) is 34.1 Å². The fourth-order valence-electron chi connectivity index (χ4n) is 1.85. The van der Waals surface area contributed by atoms with Gasteiger partial charge in [-0.1, -0.05) is 0 Å². The lowest BCUT2D eigenvalue weighted by Gasteiger charge is -2.19. The van der Waals surface area contributed by atoms with Crippen LogP contribution in [0.25, 0.3) is 0 Å². The molecule has 0 aromatic heterocycles. The molecule has 146 valence electrons. The third-order valence-corrected chi connectivity index (χ3v) is 4.45. The van der Waals surface area contributed by atoms with Crippen molar-refractivity contribution in [3.63, 3.8) is 0 Å². The van der Waals surface area contributed by atoms with Crippen LogP contribution in [0.1, 0.15) is 33.6 Å². The Morgan fingerprint density at radius 1 is 1.27 bits per heavy atom. The number of rotatable bonds is 8. The summed E-state index contributed by atoms with van der Waals surface area (Å²) in [7, 11) is -3.98. The molecule has 0 saturated heterocycles. The van der Waals surface area contributed by atoms with Crippen molar-refractivity contribution in [2.75, 3.05) is 13.1 Å². The zero-order chi connectivity index (χ0) is 20.0. The Morgan fingerprint density at radius 3 is 2.42 bits per heavy atom. The van der Waals surface area contributed by atoms with Gasteiger partial charge in [0.15, 0.2) is 0 Å². The second-order valence-electron chi connectivity index (χ2n) is 6.40. The number of carbonyl (C=O) groups excluding carboxylic acids is 1. The van der Waals surface area contributed by atoms with Crippen molar-refractivity contribution in [1.82, 2.24) is 10.0 Å². The number of nitro groups is 1. The van der Waals surface area contributed by atoms with Crippen molar-refractivity contribution in [3.8, 4) is 0 Å². The van der Waals surface area contributed by atoms with Crippen LogP contribution in [0.4, 0.5) is 14.9 Å². The molecule has 0 aliphatic rings. The summed E-state index contributed by atoms with van der Waals surface area (Å²) in [5.74, 6) is -1.22. The third-order valence-electron chi connectivity index (χ3n) is 2.99. The molecule has 0 heterocycles. The number of nitrogens with one attached hydrogen (secondary N) is 2. The molecule has 0 fully saturated rings. The van der Waals surface area contributed by atoms with Crippen molar-refractivity contribution < 1.29 is 27.3 Å². The summed E-state index contributed by atoms with van der Waals surface area (Å²) in [5, 5.41) is 13.1. The quantitative estimate of drug-likeness (QED) is 0.398. The average molecular weight is 391 g/mol. The first kappa shape index (κ1) is 21.8. The Morgan fingerprint density at radius 2 is 1.88 bits per heavy atom. The normalized spacial score (nSPS) is 11.8. The molecule has 11 heteroatoms. The first-order chi connectivity index (χ1) is 11.9. The SMILES string of the molecule is CC(C)(C)OC(=O)NCCCCNS(=O)(=O)c1ccc([N+](=O)[O-])c(F)c1. The van der Waals surface area contributed by atoms with Gasteiger partial charge >= 0.3 is 11.8 Å². The number of nitrogens with zero attached hydrogens (tertiary/aromatic N) is 1. The number of halogens is 1. The lowest BCUT2D eigenvalue weighted by Crippen LogP contribution is -2.33. The van der Waals surface area contributed by atoms with E-state index in [0.29, 0.717) is 25.5 Å². The van der Waals surface area contributed by atoms with Gasteiger partial charge in [0, 0.05) is 25.2 Å². The Balaban J connectivity index is 2.42. The van der Waals surface area contributed by atoms with Gasteiger partial charge < -0.3 is 10.1 Å². The fourth-order valence-corrected chi connectivity index (χ4v) is 2.93. The summed E-state index contributed by atoms with van der Waals surface area (Å²) in [4.78, 5) is 20.6. The van der Waals surface area contributed by atoms with Crippen LogP contribution < -0.4 is 10.0 Å². The van der Waals surface area contributed by atoms with E-state index in [2.05, 4.69) is 10.0 Å². The van der Waals surface area contributed by atoms with Crippen molar-refractivity contribution in [2.45, 2.75) is 44.1 Å². The first-order valence-corrected chi connectivity index (χ1v) is 9.31. The number of hydrogen-bond acceptors (Lipinski definition) is 6. The molecule has 0 bridgehead atoms. The van der Waals surface area contributed by atoms with Gasteiger partial charge in [0.25, 0.3) is 0 Å². The van der Waals surface area contributed by atoms with Gasteiger partial charge in [-0.15, -0.1) is 0 Å². The number of hydrogen-bond donors (Lipinski definition) is 2. The highest BCUT2D eigenvalue weighted by atomic mass is 32.2. The fraction of sp³-hybridized carbons (Fsp3) is 0.533. The second kappa shape index (κ2) is 8.90. The van der Waals surface area contributed by atoms with Gasteiger partial charge in [-0.2, -0.15) is 4.39 Å². The minimum atomic E-state index is -3.98. The van der Waals surface area contributed by atoms with E-state index in [1.54, 1.807) is 20.8 Å². The molecule has 1 aromatic rings. The summed E-state index contributed by atoms with van der Waals surface area (Å²) in [6.45, 7) is 5.59. The number of ether oxygens (including phenoxy) is 1. The van der Waals surface area contributed by atoms with Gasteiger partial charge in [0.1, 0.15) is 5.60 Å². The number of nitro benzene ring substituents is 1. The van der Waals surface area contributed by atoms with Crippen LogP contribution in [0.2, 0.25) is 0 Å². The highest BCUT2D eigenvalue weighted by molar-refractivity contribution is 7.89. The molecule has 1 rings (SSSR count). The largest absolute Gasteiger partial charge is 0.444 e. The molecule has 0 aliphatic carbocycles. The zero-order valence-electron chi connectivity index (χ0n) is 14.7. The monoisotopic (exact) mass is 391 g/mol. The Labute approximate surface area is 151 Å².